The molecule has 1 heterocycles. The van der Waals surface area contributed by atoms with E-state index in [1.807, 2.05) is 6.92 Å². The Morgan fingerprint density at radius 1 is 1.33 bits per heavy atom. The number of hydrogen-bond acceptors (Lipinski definition) is 2. The van der Waals surface area contributed by atoms with Crippen LogP contribution in [-0.2, 0) is 9.59 Å². The molecule has 21 heavy (non-hydrogen) atoms. The Hall–Kier alpha value is -1.91. The van der Waals surface area contributed by atoms with Gasteiger partial charge in [-0.3, -0.25) is 9.59 Å². The normalized spacial score (nSPS) is 17.5. The average molecular weight is 292 g/mol. The lowest BCUT2D eigenvalue weighted by Crippen LogP contribution is -2.42. The van der Waals surface area contributed by atoms with Crippen LogP contribution in [0.3, 0.4) is 0 Å². The molecule has 1 aliphatic rings. The molecule has 2 amide bonds. The molecule has 1 atom stereocenters. The van der Waals surface area contributed by atoms with Crippen molar-refractivity contribution < 1.29 is 14.0 Å². The Labute approximate surface area is 124 Å². The quantitative estimate of drug-likeness (QED) is 0.923. The zero-order chi connectivity index (χ0) is 15.4. The lowest BCUT2D eigenvalue weighted by Gasteiger charge is -2.31. The van der Waals surface area contributed by atoms with Gasteiger partial charge in [-0.05, 0) is 30.4 Å². The van der Waals surface area contributed by atoms with Gasteiger partial charge in [0.05, 0.1) is 0 Å². The van der Waals surface area contributed by atoms with Crippen molar-refractivity contribution in [3.8, 4) is 0 Å². The molecule has 2 N–H and O–H groups in total. The molecule has 0 bridgehead atoms. The number of carbonyl (C=O) groups excluding carboxylic acids is 2. The van der Waals surface area contributed by atoms with Gasteiger partial charge in [-0.15, -0.1) is 0 Å². The van der Waals surface area contributed by atoms with Gasteiger partial charge in [-0.25, -0.2) is 4.39 Å². The van der Waals surface area contributed by atoms with E-state index in [9.17, 15) is 14.0 Å². The van der Waals surface area contributed by atoms with Crippen molar-refractivity contribution in [1.29, 1.82) is 0 Å². The summed E-state index contributed by atoms with van der Waals surface area (Å²) in [5, 5.41) is 0. The van der Waals surface area contributed by atoms with Gasteiger partial charge < -0.3 is 10.6 Å². The number of nitrogens with zero attached hydrogens (tertiary/aromatic N) is 1. The molecule has 1 saturated heterocycles. The SMILES string of the molecule is CC(CC(=O)N1CCC(C(N)=O)CC1)c1ccccc1F. The van der Waals surface area contributed by atoms with Crippen LogP contribution in [0, 0.1) is 11.7 Å². The Balaban J connectivity index is 1.90. The highest BCUT2D eigenvalue weighted by atomic mass is 19.1. The molecule has 1 aromatic carbocycles. The molecule has 0 aromatic heterocycles. The number of hydrogen-bond donors (Lipinski definition) is 1. The van der Waals surface area contributed by atoms with Crippen LogP contribution in [0.15, 0.2) is 24.3 Å². The summed E-state index contributed by atoms with van der Waals surface area (Å²) in [5.74, 6) is -0.841. The third-order valence-corrected chi connectivity index (χ3v) is 4.17. The maximum atomic E-state index is 13.7. The van der Waals surface area contributed by atoms with Gasteiger partial charge in [-0.2, -0.15) is 0 Å². The minimum atomic E-state index is -0.290. The largest absolute Gasteiger partial charge is 0.369 e. The topological polar surface area (TPSA) is 63.4 Å². The number of rotatable bonds is 4. The number of benzene rings is 1. The maximum absolute atomic E-state index is 13.7. The Kier molecular flexibility index (Phi) is 4.94. The monoisotopic (exact) mass is 292 g/mol. The smallest absolute Gasteiger partial charge is 0.223 e. The Morgan fingerprint density at radius 3 is 2.52 bits per heavy atom. The Morgan fingerprint density at radius 2 is 1.95 bits per heavy atom. The van der Waals surface area contributed by atoms with Crippen molar-refractivity contribution in [2.45, 2.75) is 32.1 Å². The van der Waals surface area contributed by atoms with Gasteiger partial charge in [0.2, 0.25) is 11.8 Å². The highest BCUT2D eigenvalue weighted by Gasteiger charge is 2.27. The van der Waals surface area contributed by atoms with Crippen LogP contribution in [-0.4, -0.2) is 29.8 Å². The van der Waals surface area contributed by atoms with E-state index < -0.39 is 0 Å². The summed E-state index contributed by atoms with van der Waals surface area (Å²) in [6.07, 6.45) is 1.52. The van der Waals surface area contributed by atoms with Crippen LogP contribution in [0.25, 0.3) is 0 Å². The fraction of sp³-hybridized carbons (Fsp3) is 0.500. The fourth-order valence-electron chi connectivity index (χ4n) is 2.79. The number of primary amides is 1. The molecule has 2 rings (SSSR count). The van der Waals surface area contributed by atoms with Gasteiger partial charge in [0.25, 0.3) is 0 Å². The number of halogens is 1. The summed E-state index contributed by atoms with van der Waals surface area (Å²) in [5.41, 5.74) is 5.85. The van der Waals surface area contributed by atoms with E-state index >= 15 is 0 Å². The van der Waals surface area contributed by atoms with Crippen molar-refractivity contribution >= 4 is 11.8 Å². The van der Waals surface area contributed by atoms with E-state index in [2.05, 4.69) is 0 Å². The average Bonchev–Trinajstić information content (AvgIpc) is 2.47. The summed E-state index contributed by atoms with van der Waals surface area (Å²) in [6.45, 7) is 2.96. The number of likely N-dealkylation sites (tertiary alicyclic amines) is 1. The summed E-state index contributed by atoms with van der Waals surface area (Å²) in [7, 11) is 0. The highest BCUT2D eigenvalue weighted by Crippen LogP contribution is 2.24. The van der Waals surface area contributed by atoms with Crippen LogP contribution in [0.4, 0.5) is 4.39 Å². The number of carbonyl (C=O) groups is 2. The lowest BCUT2D eigenvalue weighted by molar-refractivity contribution is -0.135. The first-order chi connectivity index (χ1) is 9.99. The predicted octanol–water partition coefficient (Wildman–Crippen LogP) is 2.04. The maximum Gasteiger partial charge on any atom is 0.223 e. The predicted molar refractivity (Wildman–Crippen MR) is 77.9 cm³/mol. The first kappa shape index (κ1) is 15.5. The van der Waals surface area contributed by atoms with Crippen LogP contribution in [0.1, 0.15) is 37.7 Å². The molecule has 114 valence electrons. The van der Waals surface area contributed by atoms with Crippen LogP contribution < -0.4 is 5.73 Å². The zero-order valence-electron chi connectivity index (χ0n) is 12.2. The van der Waals surface area contributed by atoms with E-state index in [4.69, 9.17) is 5.73 Å². The van der Waals surface area contributed by atoms with E-state index in [-0.39, 0.29) is 35.9 Å². The van der Waals surface area contributed by atoms with E-state index in [1.165, 1.54) is 6.07 Å². The molecule has 0 spiro atoms. The van der Waals surface area contributed by atoms with Crippen LogP contribution in [0.2, 0.25) is 0 Å². The van der Waals surface area contributed by atoms with Crippen molar-refractivity contribution in [3.05, 3.63) is 35.6 Å². The van der Waals surface area contributed by atoms with Gasteiger partial charge >= 0.3 is 0 Å². The molecule has 0 aliphatic carbocycles. The van der Waals surface area contributed by atoms with Gasteiger partial charge in [-0.1, -0.05) is 25.1 Å². The second-order valence-electron chi connectivity index (χ2n) is 5.68. The van der Waals surface area contributed by atoms with Gasteiger partial charge in [0.15, 0.2) is 0 Å². The molecular weight excluding hydrogens is 271 g/mol. The van der Waals surface area contributed by atoms with E-state index in [0.29, 0.717) is 31.5 Å². The summed E-state index contributed by atoms with van der Waals surface area (Å²) < 4.78 is 13.7. The number of amides is 2. The molecular formula is C16H21FN2O2. The van der Waals surface area contributed by atoms with Crippen molar-refractivity contribution in [2.75, 3.05) is 13.1 Å². The van der Waals surface area contributed by atoms with Crippen LogP contribution >= 0.6 is 0 Å². The van der Waals surface area contributed by atoms with Crippen molar-refractivity contribution in [2.24, 2.45) is 11.7 Å². The molecule has 4 nitrogen and oxygen atoms in total. The number of piperidine rings is 1. The molecule has 0 saturated carbocycles. The fourth-order valence-corrected chi connectivity index (χ4v) is 2.79. The summed E-state index contributed by atoms with van der Waals surface area (Å²) >= 11 is 0. The zero-order valence-corrected chi connectivity index (χ0v) is 12.2. The summed E-state index contributed by atoms with van der Waals surface area (Å²) in [6, 6.07) is 6.54. The standard InChI is InChI=1S/C16H21FN2O2/c1-11(13-4-2-3-5-14(13)17)10-15(20)19-8-6-12(7-9-19)16(18)21/h2-5,11-12H,6-10H2,1H3,(H2,18,21). The van der Waals surface area contributed by atoms with Crippen molar-refractivity contribution in [1.82, 2.24) is 4.90 Å². The van der Waals surface area contributed by atoms with Gasteiger partial charge in [0, 0.05) is 25.4 Å². The number of nitrogens with two attached hydrogens (primary N) is 1. The minimum Gasteiger partial charge on any atom is -0.369 e. The second kappa shape index (κ2) is 6.70. The van der Waals surface area contributed by atoms with Crippen LogP contribution in [0.5, 0.6) is 0 Å². The third-order valence-electron chi connectivity index (χ3n) is 4.17. The molecule has 1 unspecified atom stereocenters. The first-order valence-electron chi connectivity index (χ1n) is 7.30. The Bertz CT molecular complexity index is 525. The molecule has 1 aromatic rings. The summed E-state index contributed by atoms with van der Waals surface area (Å²) in [4.78, 5) is 25.1. The molecule has 1 aliphatic heterocycles. The second-order valence-corrected chi connectivity index (χ2v) is 5.68. The molecule has 1 fully saturated rings. The first-order valence-corrected chi connectivity index (χ1v) is 7.30. The minimum absolute atomic E-state index is 0.00803. The van der Waals surface area contributed by atoms with Crippen molar-refractivity contribution in [3.63, 3.8) is 0 Å². The molecule has 5 heteroatoms. The lowest BCUT2D eigenvalue weighted by atomic mass is 9.94. The van der Waals surface area contributed by atoms with E-state index in [1.54, 1.807) is 23.1 Å². The molecule has 0 radical (unpaired) electrons. The third kappa shape index (κ3) is 3.80. The van der Waals surface area contributed by atoms with Gasteiger partial charge in [0.1, 0.15) is 5.82 Å². The highest BCUT2D eigenvalue weighted by molar-refractivity contribution is 5.79. The van der Waals surface area contributed by atoms with E-state index in [0.717, 1.165) is 0 Å².